The fourth-order valence-electron chi connectivity index (χ4n) is 4.09. The fraction of sp³-hybridized carbons (Fsp3) is 0.474. The van der Waals surface area contributed by atoms with E-state index in [-0.39, 0.29) is 16.8 Å². The molecule has 0 bridgehead atoms. The van der Waals surface area contributed by atoms with E-state index in [0.29, 0.717) is 24.2 Å². The zero-order valence-electron chi connectivity index (χ0n) is 15.6. The first-order valence-corrected chi connectivity index (χ1v) is 9.52. The van der Waals surface area contributed by atoms with Gasteiger partial charge in [-0.25, -0.2) is 14.5 Å². The Balaban J connectivity index is 1.90. The molecule has 142 valence electrons. The summed E-state index contributed by atoms with van der Waals surface area (Å²) in [5.74, 6) is 1.23. The van der Waals surface area contributed by atoms with Crippen LogP contribution >= 0.6 is 0 Å². The predicted octanol–water partition coefficient (Wildman–Crippen LogP) is 3.53. The van der Waals surface area contributed by atoms with Gasteiger partial charge in [0.25, 0.3) is 5.82 Å². The van der Waals surface area contributed by atoms with E-state index in [1.807, 2.05) is 25.1 Å². The number of piperidine rings is 1. The van der Waals surface area contributed by atoms with Gasteiger partial charge < -0.3 is 20.0 Å². The van der Waals surface area contributed by atoms with E-state index >= 15 is 0 Å². The molecule has 1 N–H and O–H groups in total. The summed E-state index contributed by atoms with van der Waals surface area (Å²) in [6, 6.07) is 8.49. The van der Waals surface area contributed by atoms with Crippen LogP contribution in [-0.4, -0.2) is 36.6 Å². The summed E-state index contributed by atoms with van der Waals surface area (Å²) in [5.41, 5.74) is 1.91. The molecule has 27 heavy (non-hydrogen) atoms. The van der Waals surface area contributed by atoms with Crippen LogP contribution in [0.25, 0.3) is 22.7 Å². The highest BCUT2D eigenvalue weighted by Crippen LogP contribution is 2.32. The molecule has 1 fully saturated rings. The number of aromatic nitrogens is 4. The molecular weight excluding hydrogens is 344 g/mol. The molecule has 0 radical (unpaired) electrons. The lowest BCUT2D eigenvalue weighted by Crippen LogP contribution is -2.40. The molecule has 0 amide bonds. The number of benzene rings is 1. The topological polar surface area (TPSA) is 90.8 Å². The van der Waals surface area contributed by atoms with E-state index in [2.05, 4.69) is 27.9 Å². The van der Waals surface area contributed by atoms with Crippen molar-refractivity contribution in [3.63, 3.8) is 0 Å². The first-order chi connectivity index (χ1) is 13.1. The van der Waals surface area contributed by atoms with Gasteiger partial charge in [-0.3, -0.25) is 0 Å². The van der Waals surface area contributed by atoms with Gasteiger partial charge in [0.05, 0.1) is 17.6 Å². The van der Waals surface area contributed by atoms with Crippen molar-refractivity contribution in [1.82, 2.24) is 24.4 Å². The van der Waals surface area contributed by atoms with Crippen molar-refractivity contribution in [2.24, 2.45) is 0 Å². The molecule has 3 aromatic rings. The summed E-state index contributed by atoms with van der Waals surface area (Å²) in [6.07, 6.45) is 4.84. The van der Waals surface area contributed by atoms with Gasteiger partial charge in [-0.15, -0.1) is 0 Å². The molecule has 1 aliphatic rings. The number of rotatable bonds is 5. The van der Waals surface area contributed by atoms with Crippen LogP contribution in [0.3, 0.4) is 0 Å². The van der Waals surface area contributed by atoms with Gasteiger partial charge in [-0.2, -0.15) is 0 Å². The summed E-state index contributed by atoms with van der Waals surface area (Å²) in [4.78, 5) is 20.2. The van der Waals surface area contributed by atoms with Gasteiger partial charge in [0.2, 0.25) is 5.82 Å². The second-order valence-electron chi connectivity index (χ2n) is 7.03. The molecule has 8 heteroatoms. The molecule has 1 aromatic carbocycles. The van der Waals surface area contributed by atoms with Crippen LogP contribution < -0.4 is 5.32 Å². The summed E-state index contributed by atoms with van der Waals surface area (Å²) >= 11 is 0. The average Bonchev–Trinajstić information content (AvgIpc) is 3.29. The second-order valence-corrected chi connectivity index (χ2v) is 7.03. The zero-order valence-corrected chi connectivity index (χ0v) is 15.6. The van der Waals surface area contributed by atoms with Crippen molar-refractivity contribution in [1.29, 1.82) is 0 Å². The minimum Gasteiger partial charge on any atom is -0.358 e. The molecule has 0 aliphatic carbocycles. The Morgan fingerprint density at radius 1 is 1.33 bits per heavy atom. The number of hydrogen-bond acceptors (Lipinski definition) is 5. The maximum Gasteiger partial charge on any atom is 0.343 e. The van der Waals surface area contributed by atoms with Crippen molar-refractivity contribution in [2.45, 2.75) is 51.7 Å². The Kier molecular flexibility index (Phi) is 4.65. The van der Waals surface area contributed by atoms with Gasteiger partial charge in [0, 0.05) is 12.1 Å². The average molecular weight is 368 g/mol. The third-order valence-electron chi connectivity index (χ3n) is 5.47. The van der Waals surface area contributed by atoms with Crippen LogP contribution in [0, 0.1) is 10.1 Å². The van der Waals surface area contributed by atoms with Gasteiger partial charge in [-0.05, 0) is 50.3 Å². The van der Waals surface area contributed by atoms with E-state index in [0.717, 1.165) is 24.0 Å². The van der Waals surface area contributed by atoms with E-state index in [4.69, 9.17) is 4.98 Å². The van der Waals surface area contributed by atoms with Crippen molar-refractivity contribution in [3.8, 4) is 11.6 Å². The van der Waals surface area contributed by atoms with Crippen LogP contribution in [0.4, 0.5) is 5.82 Å². The second kappa shape index (κ2) is 7.11. The maximum absolute atomic E-state index is 11.4. The van der Waals surface area contributed by atoms with Crippen LogP contribution in [0.2, 0.25) is 0 Å². The van der Waals surface area contributed by atoms with Gasteiger partial charge in [0.15, 0.2) is 0 Å². The number of imidazole rings is 2. The summed E-state index contributed by atoms with van der Waals surface area (Å²) < 4.78 is 3.81. The zero-order chi connectivity index (χ0) is 19.0. The number of para-hydroxylation sites is 2. The smallest absolute Gasteiger partial charge is 0.343 e. The lowest BCUT2D eigenvalue weighted by molar-refractivity contribution is -0.392. The normalized spacial score (nSPS) is 18.7. The number of nitro groups is 1. The van der Waals surface area contributed by atoms with Gasteiger partial charge >= 0.3 is 5.82 Å². The first-order valence-electron chi connectivity index (χ1n) is 9.52. The van der Waals surface area contributed by atoms with Crippen LogP contribution in [0.1, 0.15) is 39.2 Å². The van der Waals surface area contributed by atoms with E-state index in [1.165, 1.54) is 19.0 Å². The third-order valence-corrected chi connectivity index (χ3v) is 5.47. The van der Waals surface area contributed by atoms with Crippen molar-refractivity contribution < 1.29 is 4.92 Å². The highest BCUT2D eigenvalue weighted by molar-refractivity contribution is 5.80. The van der Waals surface area contributed by atoms with Crippen molar-refractivity contribution >= 4 is 16.9 Å². The Labute approximate surface area is 157 Å². The SMILES string of the molecule is CCn1c([N+](=O)[O-])cnc1-c1nc2ccccc2n1C(C)C1CCCCN1. The number of fused-ring (bicyclic) bond motifs is 1. The largest absolute Gasteiger partial charge is 0.358 e. The quantitative estimate of drug-likeness (QED) is 0.549. The molecule has 2 aromatic heterocycles. The Hall–Kier alpha value is -2.74. The summed E-state index contributed by atoms with van der Waals surface area (Å²) in [6.45, 7) is 5.56. The molecule has 4 rings (SSSR count). The molecular formula is C19H24N6O2. The van der Waals surface area contributed by atoms with E-state index < -0.39 is 0 Å². The van der Waals surface area contributed by atoms with Gasteiger partial charge in [-0.1, -0.05) is 18.6 Å². The summed E-state index contributed by atoms with van der Waals surface area (Å²) in [7, 11) is 0. The van der Waals surface area contributed by atoms with Gasteiger partial charge in [0.1, 0.15) is 6.20 Å². The first kappa shape index (κ1) is 17.7. The van der Waals surface area contributed by atoms with Crippen LogP contribution in [0.15, 0.2) is 30.5 Å². The lowest BCUT2D eigenvalue weighted by Gasteiger charge is -2.31. The minimum atomic E-state index is -0.390. The Bertz CT molecular complexity index is 970. The highest BCUT2D eigenvalue weighted by Gasteiger charge is 2.30. The molecule has 0 spiro atoms. The fourth-order valence-corrected chi connectivity index (χ4v) is 4.09. The number of hydrogen-bond donors (Lipinski definition) is 1. The van der Waals surface area contributed by atoms with Crippen LogP contribution in [0.5, 0.6) is 0 Å². The highest BCUT2D eigenvalue weighted by atomic mass is 16.6. The minimum absolute atomic E-state index is 0.00505. The summed E-state index contributed by atoms with van der Waals surface area (Å²) in [5, 5.41) is 15.0. The van der Waals surface area contributed by atoms with Crippen molar-refractivity contribution in [2.75, 3.05) is 6.54 Å². The molecule has 2 unspecified atom stereocenters. The molecule has 3 heterocycles. The maximum atomic E-state index is 11.4. The Morgan fingerprint density at radius 2 is 2.15 bits per heavy atom. The Morgan fingerprint density at radius 3 is 2.85 bits per heavy atom. The number of nitrogens with zero attached hydrogens (tertiary/aromatic N) is 5. The van der Waals surface area contributed by atoms with Crippen LogP contribution in [-0.2, 0) is 6.54 Å². The lowest BCUT2D eigenvalue weighted by atomic mass is 9.98. The number of nitrogens with one attached hydrogen (secondary N) is 1. The molecule has 1 saturated heterocycles. The van der Waals surface area contributed by atoms with E-state index in [1.54, 1.807) is 4.57 Å². The molecule has 8 nitrogen and oxygen atoms in total. The third kappa shape index (κ3) is 2.99. The monoisotopic (exact) mass is 368 g/mol. The van der Waals surface area contributed by atoms with Crippen molar-refractivity contribution in [3.05, 3.63) is 40.6 Å². The molecule has 0 saturated carbocycles. The van der Waals surface area contributed by atoms with E-state index in [9.17, 15) is 10.1 Å². The molecule has 2 atom stereocenters. The molecule has 1 aliphatic heterocycles. The standard InChI is InChI=1S/C19H24N6O2/c1-3-23-17(25(26)27)12-21-18(23)19-22-15-9-4-5-10-16(15)24(19)13(2)14-8-6-7-11-20-14/h4-5,9-10,12-14,20H,3,6-8,11H2,1-2H3. The predicted molar refractivity (Wildman–Crippen MR) is 104 cm³/mol.